The van der Waals surface area contributed by atoms with E-state index in [2.05, 4.69) is 42.1 Å². The fraction of sp³-hybridized carbons (Fsp3) is 0.111. The molecule has 2 heterocycles. The number of hydrogen-bond donors (Lipinski definition) is 2. The summed E-state index contributed by atoms with van der Waals surface area (Å²) in [4.78, 5) is 14.5. The number of anilines is 2. The second-order valence-corrected chi connectivity index (χ2v) is 6.67. The van der Waals surface area contributed by atoms with Crippen LogP contribution in [0.5, 0.6) is 0 Å². The highest BCUT2D eigenvalue weighted by atomic mass is 79.9. The fourth-order valence-electron chi connectivity index (χ4n) is 2.02. The highest BCUT2D eigenvalue weighted by Gasteiger charge is 2.01. The van der Waals surface area contributed by atoms with Gasteiger partial charge in [0.05, 0.1) is 17.3 Å². The van der Waals surface area contributed by atoms with E-state index < -0.39 is 0 Å². The second-order valence-electron chi connectivity index (χ2n) is 5.14. The monoisotopic (exact) mass is 444 g/mol. The van der Waals surface area contributed by atoms with E-state index in [1.165, 1.54) is 17.1 Å². The second kappa shape index (κ2) is 10.4. The molecule has 1 aromatic carbocycles. The van der Waals surface area contributed by atoms with Gasteiger partial charge in [-0.3, -0.25) is 4.79 Å². The molecule has 0 aliphatic carbocycles. The van der Waals surface area contributed by atoms with Crippen molar-refractivity contribution in [1.82, 2.24) is 14.8 Å². The minimum Gasteiger partial charge on any atom is -0.388 e. The third-order valence-corrected chi connectivity index (χ3v) is 4.15. The van der Waals surface area contributed by atoms with Crippen molar-refractivity contribution in [2.75, 3.05) is 23.3 Å². The van der Waals surface area contributed by atoms with E-state index in [0.717, 1.165) is 15.8 Å². The Hall–Kier alpha value is -2.83. The Morgan fingerprint density at radius 3 is 2.59 bits per heavy atom. The number of rotatable bonds is 5. The molecule has 0 spiro atoms. The smallest absolute Gasteiger partial charge is 0.153 e. The molecule has 3 aromatic rings. The highest BCUT2D eigenvalue weighted by Crippen LogP contribution is 2.23. The van der Waals surface area contributed by atoms with Gasteiger partial charge in [-0.05, 0) is 30.3 Å². The maximum Gasteiger partial charge on any atom is 0.153 e. The Morgan fingerprint density at radius 1 is 1.26 bits per heavy atom. The summed E-state index contributed by atoms with van der Waals surface area (Å²) >= 11 is 5.02. The molecule has 0 fully saturated rings. The van der Waals surface area contributed by atoms with Crippen LogP contribution in [0.4, 0.5) is 11.4 Å². The number of pyridine rings is 1. The van der Waals surface area contributed by atoms with Crippen LogP contribution in [0.1, 0.15) is 15.9 Å². The molecule has 0 saturated carbocycles. The number of carbonyl (C=O) groups is 1. The summed E-state index contributed by atoms with van der Waals surface area (Å²) in [5.41, 5.74) is 3.17. The van der Waals surface area contributed by atoms with E-state index in [4.69, 9.17) is 5.26 Å². The summed E-state index contributed by atoms with van der Waals surface area (Å²) in [5, 5.41) is 15.6. The van der Waals surface area contributed by atoms with Gasteiger partial charge in [0.25, 0.3) is 0 Å². The molecule has 3 rings (SSSR count). The molecule has 0 unspecified atom stereocenters. The maximum absolute atomic E-state index is 10.4. The molecule has 138 valence electrons. The van der Waals surface area contributed by atoms with E-state index in [-0.39, 0.29) is 0 Å². The predicted molar refractivity (Wildman–Crippen MR) is 112 cm³/mol. The molecular formula is C18H17BrN6OS. The largest absolute Gasteiger partial charge is 0.388 e. The highest BCUT2D eigenvalue weighted by molar-refractivity contribution is 9.10. The number of aromatic nitrogens is 3. The molecule has 9 heteroatoms. The number of nitrogens with one attached hydrogen (secondary N) is 2. The van der Waals surface area contributed by atoms with E-state index >= 15 is 0 Å². The lowest BCUT2D eigenvalue weighted by atomic mass is 10.3. The lowest BCUT2D eigenvalue weighted by Gasteiger charge is -2.06. The van der Waals surface area contributed by atoms with Crippen molar-refractivity contribution in [2.45, 2.75) is 0 Å². The molecule has 2 aromatic heterocycles. The van der Waals surface area contributed by atoms with Crippen molar-refractivity contribution in [2.24, 2.45) is 0 Å². The third-order valence-electron chi connectivity index (χ3n) is 3.26. The molecule has 0 aliphatic heterocycles. The molecular weight excluding hydrogens is 428 g/mol. The number of halogens is 1. The van der Waals surface area contributed by atoms with Gasteiger partial charge < -0.3 is 10.0 Å². The van der Waals surface area contributed by atoms with Gasteiger partial charge in [0.2, 0.25) is 0 Å². The number of aldehydes is 1. The van der Waals surface area contributed by atoms with E-state index in [0.29, 0.717) is 23.2 Å². The van der Waals surface area contributed by atoms with Crippen LogP contribution in [0.25, 0.3) is 5.82 Å². The number of hydrogen-bond acceptors (Lipinski definition) is 7. The van der Waals surface area contributed by atoms with Crippen LogP contribution in [0, 0.1) is 11.3 Å². The Morgan fingerprint density at radius 2 is 2.04 bits per heavy atom. The van der Waals surface area contributed by atoms with Crippen LogP contribution in [-0.4, -0.2) is 34.4 Å². The predicted octanol–water partition coefficient (Wildman–Crippen LogP) is 4.13. The van der Waals surface area contributed by atoms with Gasteiger partial charge >= 0.3 is 0 Å². The molecule has 2 N–H and O–H groups in total. The summed E-state index contributed by atoms with van der Waals surface area (Å²) in [6.45, 7) is 0. The zero-order valence-electron chi connectivity index (χ0n) is 14.7. The molecule has 0 atom stereocenters. The van der Waals surface area contributed by atoms with Crippen molar-refractivity contribution in [1.29, 1.82) is 5.26 Å². The lowest BCUT2D eigenvalue weighted by Crippen LogP contribution is -1.97. The minimum atomic E-state index is 0.487. The van der Waals surface area contributed by atoms with Crippen LogP contribution in [-0.2, 0) is 0 Å². The number of nitrogens with zero attached hydrogens (tertiary/aromatic N) is 4. The van der Waals surface area contributed by atoms with Gasteiger partial charge in [-0.2, -0.15) is 10.4 Å². The van der Waals surface area contributed by atoms with Crippen molar-refractivity contribution < 1.29 is 4.79 Å². The van der Waals surface area contributed by atoms with Crippen LogP contribution >= 0.6 is 27.9 Å². The van der Waals surface area contributed by atoms with E-state index in [9.17, 15) is 4.79 Å². The quantitative estimate of drug-likeness (QED) is 0.450. The Bertz CT molecular complexity index is 936. The van der Waals surface area contributed by atoms with Crippen molar-refractivity contribution in [3.63, 3.8) is 0 Å². The molecule has 0 bridgehead atoms. The number of carbonyl (C=O) groups excluding carboxylic acids is 1. The summed E-state index contributed by atoms with van der Waals surface area (Å²) in [6, 6.07) is 11.4. The van der Waals surface area contributed by atoms with E-state index in [1.807, 2.05) is 31.5 Å². The van der Waals surface area contributed by atoms with Gasteiger partial charge in [0.1, 0.15) is 6.07 Å². The number of benzene rings is 1. The topological polar surface area (TPSA) is 95.6 Å². The Labute approximate surface area is 170 Å². The van der Waals surface area contributed by atoms with Crippen LogP contribution in [0.3, 0.4) is 0 Å². The maximum atomic E-state index is 10.4. The first kappa shape index (κ1) is 20.5. The molecule has 27 heavy (non-hydrogen) atoms. The van der Waals surface area contributed by atoms with Crippen molar-refractivity contribution >= 4 is 45.5 Å². The molecule has 0 saturated heterocycles. The van der Waals surface area contributed by atoms with Crippen LogP contribution in [0.2, 0.25) is 0 Å². The zero-order chi connectivity index (χ0) is 19.6. The van der Waals surface area contributed by atoms with Crippen molar-refractivity contribution in [3.8, 4) is 11.9 Å². The Balaban J connectivity index is 0.000000199. The first-order valence-electron chi connectivity index (χ1n) is 7.73. The average molecular weight is 445 g/mol. The van der Waals surface area contributed by atoms with E-state index in [1.54, 1.807) is 30.3 Å². The molecule has 0 radical (unpaired) electrons. The zero-order valence-corrected chi connectivity index (χ0v) is 17.1. The Kier molecular flexibility index (Phi) is 7.85. The van der Waals surface area contributed by atoms with Crippen LogP contribution in [0.15, 0.2) is 53.4 Å². The lowest BCUT2D eigenvalue weighted by molar-refractivity contribution is 0.112. The normalized spacial score (nSPS) is 9.56. The SMILES string of the molecule is CNc1cc(Br)cc(NSC)c1.N#Cc1ccc(-n2cc(C=O)cn2)nc1. The molecule has 0 amide bonds. The van der Waals surface area contributed by atoms with Crippen LogP contribution < -0.4 is 10.0 Å². The summed E-state index contributed by atoms with van der Waals surface area (Å²) < 4.78 is 5.72. The van der Waals surface area contributed by atoms with Gasteiger partial charge in [-0.15, -0.1) is 0 Å². The third kappa shape index (κ3) is 6.13. The standard InChI is InChI=1S/C10H6N4O.C8H11BrN2S/c11-3-8-1-2-10(12-4-8)14-6-9(7-15)5-13-14;1-10-7-3-6(9)4-8(5-7)11-12-2/h1-2,4-7H;3-5,10-11H,1-2H3. The summed E-state index contributed by atoms with van der Waals surface area (Å²) in [5.74, 6) is 0.571. The first-order chi connectivity index (χ1) is 13.1. The van der Waals surface area contributed by atoms with Gasteiger partial charge in [-0.1, -0.05) is 27.9 Å². The summed E-state index contributed by atoms with van der Waals surface area (Å²) in [7, 11) is 1.91. The first-order valence-corrected chi connectivity index (χ1v) is 9.75. The van der Waals surface area contributed by atoms with Gasteiger partial charge in [0.15, 0.2) is 12.1 Å². The summed E-state index contributed by atoms with van der Waals surface area (Å²) in [6.07, 6.45) is 7.19. The fourth-order valence-corrected chi connectivity index (χ4v) is 2.87. The van der Waals surface area contributed by atoms with Crippen molar-refractivity contribution in [3.05, 3.63) is 64.5 Å². The number of nitriles is 1. The molecule has 0 aliphatic rings. The average Bonchev–Trinajstić information content (AvgIpc) is 3.17. The van der Waals surface area contributed by atoms with Gasteiger partial charge in [0, 0.05) is 41.5 Å². The molecule has 7 nitrogen and oxygen atoms in total. The minimum absolute atomic E-state index is 0.487. The van der Waals surface area contributed by atoms with Gasteiger partial charge in [-0.25, -0.2) is 9.67 Å².